The predicted molar refractivity (Wildman–Crippen MR) is 69.4 cm³/mol. The minimum Gasteiger partial charge on any atom is -0.495 e. The van der Waals surface area contributed by atoms with Crippen LogP contribution in [0.25, 0.3) is 0 Å². The Morgan fingerprint density at radius 3 is 2.94 bits per heavy atom. The summed E-state index contributed by atoms with van der Waals surface area (Å²) >= 11 is 0. The van der Waals surface area contributed by atoms with Crippen molar-refractivity contribution in [2.75, 3.05) is 30.9 Å². The minimum absolute atomic E-state index is 0.0263. The average molecular weight is 254 g/mol. The number of hydrogen-bond acceptors (Lipinski definition) is 4. The molecule has 100 valence electrons. The predicted octanol–water partition coefficient (Wildman–Crippen LogP) is 1.77. The Hall–Kier alpha value is -1.49. The van der Waals surface area contributed by atoms with E-state index in [2.05, 4.69) is 0 Å². The summed E-state index contributed by atoms with van der Waals surface area (Å²) in [6.45, 7) is 0.779. The molecular formula is C13H19FN2O2. The van der Waals surface area contributed by atoms with E-state index in [1.165, 1.54) is 13.2 Å². The van der Waals surface area contributed by atoms with Gasteiger partial charge >= 0.3 is 0 Å². The number of aliphatic hydroxyl groups is 1. The van der Waals surface area contributed by atoms with E-state index in [-0.39, 0.29) is 24.2 Å². The maximum Gasteiger partial charge on any atom is 0.148 e. The summed E-state index contributed by atoms with van der Waals surface area (Å²) in [5.41, 5.74) is 6.41. The van der Waals surface area contributed by atoms with Crippen LogP contribution in [-0.4, -0.2) is 31.4 Å². The van der Waals surface area contributed by atoms with Gasteiger partial charge in [0.2, 0.25) is 0 Å². The molecule has 1 fully saturated rings. The van der Waals surface area contributed by atoms with E-state index in [9.17, 15) is 9.50 Å². The van der Waals surface area contributed by atoms with Crippen molar-refractivity contribution in [1.29, 1.82) is 0 Å². The Morgan fingerprint density at radius 2 is 2.28 bits per heavy atom. The quantitative estimate of drug-likeness (QED) is 0.807. The number of hydrogen-bond donors (Lipinski definition) is 2. The lowest BCUT2D eigenvalue weighted by Crippen LogP contribution is -2.42. The zero-order valence-corrected chi connectivity index (χ0v) is 10.5. The zero-order valence-electron chi connectivity index (χ0n) is 10.5. The van der Waals surface area contributed by atoms with Crippen molar-refractivity contribution >= 4 is 11.4 Å². The summed E-state index contributed by atoms with van der Waals surface area (Å²) in [5.74, 6) is 0.0994. The molecule has 1 aliphatic heterocycles. The van der Waals surface area contributed by atoms with E-state index in [0.29, 0.717) is 11.4 Å². The topological polar surface area (TPSA) is 58.7 Å². The van der Waals surface area contributed by atoms with E-state index in [1.54, 1.807) is 6.07 Å². The Bertz CT molecular complexity index is 426. The first-order valence-corrected chi connectivity index (χ1v) is 6.18. The number of nitrogen functional groups attached to an aromatic ring is 1. The molecule has 1 aromatic carbocycles. The molecule has 1 atom stereocenters. The molecule has 1 aromatic rings. The van der Waals surface area contributed by atoms with Gasteiger partial charge in [0, 0.05) is 18.7 Å². The van der Waals surface area contributed by atoms with E-state index in [4.69, 9.17) is 10.5 Å². The molecule has 1 aliphatic rings. The van der Waals surface area contributed by atoms with Crippen molar-refractivity contribution in [3.63, 3.8) is 0 Å². The monoisotopic (exact) mass is 254 g/mol. The summed E-state index contributed by atoms with van der Waals surface area (Å²) in [4.78, 5) is 1.90. The highest BCUT2D eigenvalue weighted by Gasteiger charge is 2.25. The average Bonchev–Trinajstić information content (AvgIpc) is 2.39. The van der Waals surface area contributed by atoms with Gasteiger partial charge in [-0.25, -0.2) is 4.39 Å². The summed E-state index contributed by atoms with van der Waals surface area (Å²) < 4.78 is 19.1. The van der Waals surface area contributed by atoms with Crippen LogP contribution in [-0.2, 0) is 0 Å². The molecule has 0 bridgehead atoms. The molecule has 1 heterocycles. The Balaban J connectivity index is 2.36. The lowest BCUT2D eigenvalue weighted by molar-refractivity contribution is 0.239. The molecule has 0 amide bonds. The van der Waals surface area contributed by atoms with Crippen molar-refractivity contribution in [3.05, 3.63) is 17.9 Å². The number of methoxy groups -OCH3 is 1. The molecule has 0 spiro atoms. The number of ether oxygens (including phenoxy) is 1. The smallest absolute Gasteiger partial charge is 0.148 e. The fourth-order valence-electron chi connectivity index (χ4n) is 2.46. The van der Waals surface area contributed by atoms with Crippen molar-refractivity contribution in [2.24, 2.45) is 0 Å². The molecule has 4 nitrogen and oxygen atoms in total. The van der Waals surface area contributed by atoms with Gasteiger partial charge in [0.1, 0.15) is 11.6 Å². The molecule has 3 N–H and O–H groups in total. The van der Waals surface area contributed by atoms with Crippen molar-refractivity contribution < 1.29 is 14.2 Å². The largest absolute Gasteiger partial charge is 0.495 e. The van der Waals surface area contributed by atoms with Crippen molar-refractivity contribution in [1.82, 2.24) is 0 Å². The summed E-state index contributed by atoms with van der Waals surface area (Å²) in [6, 6.07) is 2.86. The van der Waals surface area contributed by atoms with Crippen LogP contribution in [0, 0.1) is 5.82 Å². The summed E-state index contributed by atoms with van der Waals surface area (Å²) in [6.07, 6.45) is 2.95. The fourth-order valence-corrected chi connectivity index (χ4v) is 2.46. The first-order chi connectivity index (χ1) is 8.67. The lowest BCUT2D eigenvalue weighted by atomic mass is 10.0. The fraction of sp³-hybridized carbons (Fsp3) is 0.538. The van der Waals surface area contributed by atoms with Gasteiger partial charge in [-0.05, 0) is 19.3 Å². The van der Waals surface area contributed by atoms with Crippen LogP contribution < -0.4 is 15.4 Å². The van der Waals surface area contributed by atoms with Gasteiger partial charge < -0.3 is 20.5 Å². The highest BCUT2D eigenvalue weighted by Crippen LogP contribution is 2.33. The maximum atomic E-state index is 14.0. The Labute approximate surface area is 106 Å². The molecule has 2 rings (SSSR count). The van der Waals surface area contributed by atoms with Gasteiger partial charge in [0.25, 0.3) is 0 Å². The standard InChI is InChI=1S/C13H19FN2O2/c1-18-13-7-12(10(14)6-11(13)15)16-5-3-2-4-9(16)8-17/h6-7,9,17H,2-5,8,15H2,1H3. The second-order valence-electron chi connectivity index (χ2n) is 4.57. The summed E-state index contributed by atoms with van der Waals surface area (Å²) in [7, 11) is 1.51. The minimum atomic E-state index is -0.367. The van der Waals surface area contributed by atoms with Gasteiger partial charge in [0.15, 0.2) is 0 Å². The van der Waals surface area contributed by atoms with E-state index in [1.807, 2.05) is 4.90 Å². The van der Waals surface area contributed by atoms with E-state index in [0.717, 1.165) is 25.8 Å². The number of nitrogens with zero attached hydrogens (tertiary/aromatic N) is 1. The third kappa shape index (κ3) is 2.36. The molecule has 1 unspecified atom stereocenters. The Morgan fingerprint density at radius 1 is 1.50 bits per heavy atom. The highest BCUT2D eigenvalue weighted by molar-refractivity contribution is 5.63. The number of anilines is 2. The highest BCUT2D eigenvalue weighted by atomic mass is 19.1. The van der Waals surface area contributed by atoms with E-state index < -0.39 is 0 Å². The maximum absolute atomic E-state index is 14.0. The second-order valence-corrected chi connectivity index (χ2v) is 4.57. The molecule has 1 saturated heterocycles. The SMILES string of the molecule is COc1cc(N2CCCCC2CO)c(F)cc1N. The van der Waals surface area contributed by atoms with Crippen molar-refractivity contribution in [2.45, 2.75) is 25.3 Å². The number of piperidine rings is 1. The first-order valence-electron chi connectivity index (χ1n) is 6.18. The Kier molecular flexibility index (Phi) is 3.91. The molecule has 5 heteroatoms. The number of halogens is 1. The van der Waals surface area contributed by atoms with Crippen LogP contribution in [0.15, 0.2) is 12.1 Å². The van der Waals surface area contributed by atoms with Crippen molar-refractivity contribution in [3.8, 4) is 5.75 Å². The number of nitrogens with two attached hydrogens (primary N) is 1. The van der Waals surface area contributed by atoms with Crippen LogP contribution in [0.5, 0.6) is 5.75 Å². The number of rotatable bonds is 3. The molecular weight excluding hydrogens is 235 g/mol. The van der Waals surface area contributed by atoms with Gasteiger partial charge in [-0.3, -0.25) is 0 Å². The van der Waals surface area contributed by atoms with Gasteiger partial charge in [-0.2, -0.15) is 0 Å². The van der Waals surface area contributed by atoms with Gasteiger partial charge in [0.05, 0.1) is 31.1 Å². The zero-order chi connectivity index (χ0) is 13.1. The normalized spacial score (nSPS) is 19.9. The van der Waals surface area contributed by atoms with Crippen LogP contribution >= 0.6 is 0 Å². The molecule has 0 radical (unpaired) electrons. The van der Waals surface area contributed by atoms with Crippen LogP contribution in [0.3, 0.4) is 0 Å². The molecule has 0 aromatic heterocycles. The van der Waals surface area contributed by atoms with Crippen LogP contribution in [0.1, 0.15) is 19.3 Å². The third-order valence-electron chi connectivity index (χ3n) is 3.45. The van der Waals surface area contributed by atoms with Gasteiger partial charge in [-0.15, -0.1) is 0 Å². The van der Waals surface area contributed by atoms with Gasteiger partial charge in [-0.1, -0.05) is 0 Å². The number of aliphatic hydroxyl groups excluding tert-OH is 1. The number of benzene rings is 1. The van der Waals surface area contributed by atoms with Crippen LogP contribution in [0.4, 0.5) is 15.8 Å². The molecule has 0 aliphatic carbocycles. The molecule has 18 heavy (non-hydrogen) atoms. The summed E-state index contributed by atoms with van der Waals surface area (Å²) in [5, 5.41) is 9.37. The molecule has 0 saturated carbocycles. The van der Waals surface area contributed by atoms with E-state index >= 15 is 0 Å². The first kappa shape index (κ1) is 13.0. The van der Waals surface area contributed by atoms with Crippen LogP contribution in [0.2, 0.25) is 0 Å². The lowest BCUT2D eigenvalue weighted by Gasteiger charge is -2.36. The third-order valence-corrected chi connectivity index (χ3v) is 3.45. The second kappa shape index (κ2) is 5.44.